The average molecular weight is 579 g/mol. The molecule has 5 rings (SSSR count). The van der Waals surface area contributed by atoms with Crippen LogP contribution in [-0.4, -0.2) is 31.1 Å². The molecule has 42 heavy (non-hydrogen) atoms. The Kier molecular flexibility index (Phi) is 8.00. The number of fused-ring (bicyclic) bond motifs is 1. The van der Waals surface area contributed by atoms with Gasteiger partial charge in [0.1, 0.15) is 23.1 Å². The fourth-order valence-corrected chi connectivity index (χ4v) is 5.01. The molecule has 0 amide bonds. The molecule has 0 saturated heterocycles. The molecular weight excluding hydrogens is 552 g/mol. The second kappa shape index (κ2) is 11.7. The fourth-order valence-electron chi connectivity index (χ4n) is 5.01. The highest BCUT2D eigenvalue weighted by molar-refractivity contribution is 6.14. The zero-order chi connectivity index (χ0) is 30.0. The van der Waals surface area contributed by atoms with E-state index in [0.29, 0.717) is 11.1 Å². The van der Waals surface area contributed by atoms with Gasteiger partial charge in [0.2, 0.25) is 0 Å². The van der Waals surface area contributed by atoms with Crippen LogP contribution in [0.4, 0.5) is 28.9 Å². The van der Waals surface area contributed by atoms with Crippen LogP contribution >= 0.6 is 0 Å². The summed E-state index contributed by atoms with van der Waals surface area (Å²) in [6.45, 7) is -0.122. The van der Waals surface area contributed by atoms with Gasteiger partial charge in [-0.15, -0.1) is 0 Å². The number of halogens is 4. The summed E-state index contributed by atoms with van der Waals surface area (Å²) in [5.41, 5.74) is 2.19. The van der Waals surface area contributed by atoms with Crippen molar-refractivity contribution in [2.45, 2.75) is 25.2 Å². The summed E-state index contributed by atoms with van der Waals surface area (Å²) in [6.07, 6.45) is -4.97. The summed E-state index contributed by atoms with van der Waals surface area (Å²) in [6, 6.07) is 20.7. The number of rotatable bonds is 7. The minimum atomic E-state index is -4.67. The largest absolute Gasteiger partial charge is 0.495 e. The summed E-state index contributed by atoms with van der Waals surface area (Å²) in [5, 5.41) is 9.52. The predicted octanol–water partition coefficient (Wildman–Crippen LogP) is 7.22. The molecule has 216 valence electrons. The molecule has 0 radical (unpaired) electrons. The van der Waals surface area contributed by atoms with E-state index in [9.17, 15) is 23.1 Å². The van der Waals surface area contributed by atoms with Crippen LogP contribution in [0, 0.1) is 5.82 Å². The van der Waals surface area contributed by atoms with Crippen molar-refractivity contribution in [3.05, 3.63) is 113 Å². The third-order valence-electron chi connectivity index (χ3n) is 7.07. The van der Waals surface area contributed by atoms with Gasteiger partial charge in [-0.2, -0.15) is 13.2 Å². The minimum Gasteiger partial charge on any atom is -0.495 e. The number of aliphatic hydroxyl groups is 1. The number of carbonyl (C=O) groups is 1. The summed E-state index contributed by atoms with van der Waals surface area (Å²) < 4.78 is 67.2. The molecule has 0 saturated carbocycles. The standard InChI is InChI=1S/C32H26F4N2O4/c1-41-28-14-13-23(32(34,35)36)16-27(28)38-26(17-29(40)42-2)24-7-4-8-25(33)30(24)37-31(38)21-11-9-20(10-12-21)22-6-3-5-19(15-22)18-39/h3-16,26,39H,17-18H2,1-2H3. The van der Waals surface area contributed by atoms with E-state index in [4.69, 9.17) is 9.47 Å². The lowest BCUT2D eigenvalue weighted by atomic mass is 9.94. The molecule has 4 aromatic carbocycles. The van der Waals surface area contributed by atoms with Crippen LogP contribution in [0.15, 0.2) is 89.9 Å². The third-order valence-corrected chi connectivity index (χ3v) is 7.07. The summed E-state index contributed by atoms with van der Waals surface area (Å²) in [7, 11) is 2.53. The molecule has 1 heterocycles. The molecule has 1 aliphatic heterocycles. The molecule has 1 aliphatic rings. The quantitative estimate of drug-likeness (QED) is 0.185. The van der Waals surface area contributed by atoms with E-state index >= 15 is 4.39 Å². The molecule has 0 bridgehead atoms. The normalized spacial score (nSPS) is 14.7. The highest BCUT2D eigenvalue weighted by Gasteiger charge is 2.38. The maximum absolute atomic E-state index is 15.2. The summed E-state index contributed by atoms with van der Waals surface area (Å²) in [5.74, 6) is -1.07. The van der Waals surface area contributed by atoms with Crippen LogP contribution in [0.1, 0.15) is 34.7 Å². The fraction of sp³-hybridized carbons (Fsp3) is 0.188. The molecule has 1 atom stereocenters. The molecule has 0 spiro atoms. The third kappa shape index (κ3) is 5.58. The Morgan fingerprint density at radius 1 is 0.929 bits per heavy atom. The number of hydrogen-bond donors (Lipinski definition) is 1. The second-order valence-corrected chi connectivity index (χ2v) is 9.60. The lowest BCUT2D eigenvalue weighted by Crippen LogP contribution is -2.39. The Hall–Kier alpha value is -4.70. The lowest BCUT2D eigenvalue weighted by molar-refractivity contribution is -0.141. The van der Waals surface area contributed by atoms with Crippen LogP contribution in [0.2, 0.25) is 0 Å². The molecule has 0 fully saturated rings. The number of nitrogens with zero attached hydrogens (tertiary/aromatic N) is 2. The maximum atomic E-state index is 15.2. The number of esters is 1. The van der Waals surface area contributed by atoms with Crippen LogP contribution < -0.4 is 9.64 Å². The number of methoxy groups -OCH3 is 2. The van der Waals surface area contributed by atoms with Gasteiger partial charge in [-0.3, -0.25) is 4.79 Å². The Morgan fingerprint density at radius 2 is 1.64 bits per heavy atom. The first-order valence-electron chi connectivity index (χ1n) is 12.9. The second-order valence-electron chi connectivity index (χ2n) is 9.60. The molecule has 0 aromatic heterocycles. The van der Waals surface area contributed by atoms with Crippen molar-refractivity contribution in [2.75, 3.05) is 19.1 Å². The van der Waals surface area contributed by atoms with Gasteiger partial charge in [0, 0.05) is 11.1 Å². The van der Waals surface area contributed by atoms with Crippen LogP contribution in [0.5, 0.6) is 5.75 Å². The topological polar surface area (TPSA) is 71.4 Å². The number of aliphatic hydroxyl groups excluding tert-OH is 1. The number of para-hydroxylation sites is 1. The van der Waals surface area contributed by atoms with Gasteiger partial charge in [0.05, 0.1) is 44.5 Å². The number of alkyl halides is 3. The monoisotopic (exact) mass is 578 g/mol. The van der Waals surface area contributed by atoms with E-state index in [1.807, 2.05) is 18.2 Å². The number of anilines is 1. The molecule has 1 unspecified atom stereocenters. The van der Waals surface area contributed by atoms with Crippen molar-refractivity contribution in [3.63, 3.8) is 0 Å². The zero-order valence-corrected chi connectivity index (χ0v) is 22.7. The highest BCUT2D eigenvalue weighted by atomic mass is 19.4. The molecule has 4 aromatic rings. The summed E-state index contributed by atoms with van der Waals surface area (Å²) in [4.78, 5) is 18.7. The first kappa shape index (κ1) is 28.8. The van der Waals surface area contributed by atoms with Gasteiger partial charge in [0.15, 0.2) is 0 Å². The number of ether oxygens (including phenoxy) is 2. The smallest absolute Gasteiger partial charge is 0.416 e. The number of aliphatic imine (C=N–C) groups is 1. The van der Waals surface area contributed by atoms with E-state index in [1.165, 1.54) is 37.3 Å². The number of carbonyl (C=O) groups excluding carboxylic acids is 1. The van der Waals surface area contributed by atoms with Gasteiger partial charge >= 0.3 is 12.1 Å². The van der Waals surface area contributed by atoms with Crippen molar-refractivity contribution in [3.8, 4) is 16.9 Å². The molecule has 1 N–H and O–H groups in total. The highest BCUT2D eigenvalue weighted by Crippen LogP contribution is 2.46. The first-order chi connectivity index (χ1) is 20.1. The number of hydrogen-bond acceptors (Lipinski definition) is 6. The Balaban J connectivity index is 1.73. The molecule has 10 heteroatoms. The Labute approximate surface area is 239 Å². The van der Waals surface area contributed by atoms with Gasteiger partial charge < -0.3 is 19.5 Å². The SMILES string of the molecule is COC(=O)CC1c2cccc(F)c2N=C(c2ccc(-c3cccc(CO)c3)cc2)N1c1cc(C(F)(F)F)ccc1OC. The lowest BCUT2D eigenvalue weighted by Gasteiger charge is -2.39. The van der Waals surface area contributed by atoms with E-state index < -0.39 is 29.6 Å². The number of benzene rings is 4. The van der Waals surface area contributed by atoms with Crippen molar-refractivity contribution >= 4 is 23.2 Å². The van der Waals surface area contributed by atoms with Crippen LogP contribution in [-0.2, 0) is 22.3 Å². The zero-order valence-electron chi connectivity index (χ0n) is 22.7. The summed E-state index contributed by atoms with van der Waals surface area (Å²) >= 11 is 0. The number of amidine groups is 1. The van der Waals surface area contributed by atoms with Crippen molar-refractivity contribution in [2.24, 2.45) is 4.99 Å². The van der Waals surface area contributed by atoms with Gasteiger partial charge in [-0.25, -0.2) is 9.38 Å². The van der Waals surface area contributed by atoms with E-state index in [1.54, 1.807) is 36.4 Å². The van der Waals surface area contributed by atoms with Crippen molar-refractivity contribution < 1.29 is 36.9 Å². The van der Waals surface area contributed by atoms with E-state index in [2.05, 4.69) is 4.99 Å². The van der Waals surface area contributed by atoms with Gasteiger partial charge in [-0.05, 0) is 47.0 Å². The van der Waals surface area contributed by atoms with Crippen LogP contribution in [0.25, 0.3) is 11.1 Å². The van der Waals surface area contributed by atoms with Gasteiger partial charge in [0.25, 0.3) is 0 Å². The maximum Gasteiger partial charge on any atom is 0.416 e. The molecule has 0 aliphatic carbocycles. The minimum absolute atomic E-state index is 0.00499. The first-order valence-corrected chi connectivity index (χ1v) is 12.9. The Morgan fingerprint density at radius 3 is 2.31 bits per heavy atom. The molecular formula is C32H26F4N2O4. The Bertz CT molecular complexity index is 1650. The molecule has 6 nitrogen and oxygen atoms in total. The van der Waals surface area contributed by atoms with Crippen molar-refractivity contribution in [1.29, 1.82) is 0 Å². The van der Waals surface area contributed by atoms with E-state index in [0.717, 1.165) is 28.8 Å². The predicted molar refractivity (Wildman–Crippen MR) is 150 cm³/mol. The average Bonchev–Trinajstić information content (AvgIpc) is 3.00. The van der Waals surface area contributed by atoms with E-state index in [-0.39, 0.29) is 36.0 Å². The van der Waals surface area contributed by atoms with Crippen LogP contribution in [0.3, 0.4) is 0 Å². The van der Waals surface area contributed by atoms with Crippen molar-refractivity contribution in [1.82, 2.24) is 0 Å². The van der Waals surface area contributed by atoms with Gasteiger partial charge in [-0.1, -0.05) is 54.6 Å².